The number of nitrogens with one attached hydrogen (secondary N) is 1. The molecule has 110 valence electrons. The van der Waals surface area contributed by atoms with Gasteiger partial charge in [0.2, 0.25) is 0 Å². The van der Waals surface area contributed by atoms with Crippen LogP contribution in [0.2, 0.25) is 0 Å². The van der Waals surface area contributed by atoms with Crippen LogP contribution in [0.3, 0.4) is 0 Å². The van der Waals surface area contributed by atoms with Crippen LogP contribution in [0.1, 0.15) is 45.6 Å². The fourth-order valence-corrected chi connectivity index (χ4v) is 5.18. The van der Waals surface area contributed by atoms with E-state index in [9.17, 15) is 4.39 Å². The van der Waals surface area contributed by atoms with E-state index in [1.165, 1.54) is 25.3 Å². The highest BCUT2D eigenvalue weighted by molar-refractivity contribution is 9.10. The zero-order valence-electron chi connectivity index (χ0n) is 12.5. The van der Waals surface area contributed by atoms with E-state index < -0.39 is 0 Å². The van der Waals surface area contributed by atoms with Crippen molar-refractivity contribution < 1.29 is 4.39 Å². The van der Waals surface area contributed by atoms with Crippen LogP contribution in [0.15, 0.2) is 22.7 Å². The lowest BCUT2D eigenvalue weighted by atomic mass is 9.68. The Bertz CT molecular complexity index is 523. The van der Waals surface area contributed by atoms with E-state index in [4.69, 9.17) is 0 Å². The molecule has 2 saturated carbocycles. The van der Waals surface area contributed by atoms with Gasteiger partial charge in [0.15, 0.2) is 0 Å². The third-order valence-electron chi connectivity index (χ3n) is 5.78. The summed E-state index contributed by atoms with van der Waals surface area (Å²) in [6.07, 6.45) is 4.06. The zero-order valence-corrected chi connectivity index (χ0v) is 14.1. The highest BCUT2D eigenvalue weighted by Gasteiger charge is 2.58. The standard InChI is InChI=1S/C17H23BrFN/c1-16(2)12-6-7-17(3,9-12)15(16)20-10-11-4-5-13(19)8-14(11)18/h4-5,8,12,15,20H,6-7,9-10H2,1-3H3. The van der Waals surface area contributed by atoms with Crippen LogP contribution in [0, 0.1) is 22.6 Å². The van der Waals surface area contributed by atoms with Crippen molar-refractivity contribution in [2.45, 2.75) is 52.6 Å². The Morgan fingerprint density at radius 3 is 2.70 bits per heavy atom. The van der Waals surface area contributed by atoms with E-state index in [1.807, 2.05) is 6.07 Å². The second kappa shape index (κ2) is 4.81. The third-order valence-corrected chi connectivity index (χ3v) is 6.52. The summed E-state index contributed by atoms with van der Waals surface area (Å²) < 4.78 is 14.0. The number of hydrogen-bond donors (Lipinski definition) is 1. The Hall–Kier alpha value is -0.410. The van der Waals surface area contributed by atoms with Crippen molar-refractivity contribution in [3.8, 4) is 0 Å². The van der Waals surface area contributed by atoms with E-state index in [1.54, 1.807) is 6.07 Å². The number of hydrogen-bond acceptors (Lipinski definition) is 1. The van der Waals surface area contributed by atoms with Crippen molar-refractivity contribution in [3.05, 3.63) is 34.1 Å². The van der Waals surface area contributed by atoms with Gasteiger partial charge in [-0.05, 0) is 53.7 Å². The van der Waals surface area contributed by atoms with E-state index in [-0.39, 0.29) is 5.82 Å². The minimum absolute atomic E-state index is 0.187. The maximum absolute atomic E-state index is 13.1. The molecule has 0 amide bonds. The van der Waals surface area contributed by atoms with Crippen LogP contribution in [-0.2, 0) is 6.54 Å². The van der Waals surface area contributed by atoms with E-state index >= 15 is 0 Å². The van der Waals surface area contributed by atoms with Gasteiger partial charge < -0.3 is 5.32 Å². The second-order valence-corrected chi connectivity index (χ2v) is 8.32. The lowest BCUT2D eigenvalue weighted by Crippen LogP contribution is -2.49. The molecule has 0 heterocycles. The normalized spacial score (nSPS) is 34.6. The Balaban J connectivity index is 1.75. The summed E-state index contributed by atoms with van der Waals surface area (Å²) in [6.45, 7) is 8.04. The molecule has 0 spiro atoms. The minimum Gasteiger partial charge on any atom is -0.309 e. The molecule has 3 atom stereocenters. The first kappa shape index (κ1) is 14.5. The molecule has 2 bridgehead atoms. The van der Waals surface area contributed by atoms with Crippen LogP contribution in [0.25, 0.3) is 0 Å². The van der Waals surface area contributed by atoms with Gasteiger partial charge in [0.1, 0.15) is 5.82 Å². The van der Waals surface area contributed by atoms with Crippen molar-refractivity contribution in [1.29, 1.82) is 0 Å². The molecule has 0 saturated heterocycles. The van der Waals surface area contributed by atoms with Crippen LogP contribution in [0.5, 0.6) is 0 Å². The van der Waals surface area contributed by atoms with Crippen LogP contribution in [0.4, 0.5) is 4.39 Å². The van der Waals surface area contributed by atoms with Gasteiger partial charge in [-0.2, -0.15) is 0 Å². The lowest BCUT2D eigenvalue weighted by molar-refractivity contribution is 0.108. The molecule has 3 rings (SSSR count). The van der Waals surface area contributed by atoms with Crippen molar-refractivity contribution in [2.24, 2.45) is 16.7 Å². The molecule has 3 heteroatoms. The molecular formula is C17H23BrFN. The van der Waals surface area contributed by atoms with E-state index in [0.717, 1.165) is 22.5 Å². The van der Waals surface area contributed by atoms with Crippen LogP contribution < -0.4 is 5.32 Å². The lowest BCUT2D eigenvalue weighted by Gasteiger charge is -2.43. The minimum atomic E-state index is -0.187. The summed E-state index contributed by atoms with van der Waals surface area (Å²) in [4.78, 5) is 0. The Morgan fingerprint density at radius 1 is 1.35 bits per heavy atom. The average molecular weight is 340 g/mol. The maximum atomic E-state index is 13.1. The summed E-state index contributed by atoms with van der Waals surface area (Å²) >= 11 is 3.46. The number of rotatable bonds is 3. The molecule has 2 fully saturated rings. The largest absolute Gasteiger partial charge is 0.309 e. The number of benzene rings is 1. The van der Waals surface area contributed by atoms with Crippen molar-refractivity contribution in [2.75, 3.05) is 0 Å². The third kappa shape index (κ3) is 2.23. The number of halogens is 2. The predicted octanol–water partition coefficient (Wildman–Crippen LogP) is 4.89. The van der Waals surface area contributed by atoms with Gasteiger partial charge in [0.25, 0.3) is 0 Å². The first-order valence-electron chi connectivity index (χ1n) is 7.50. The van der Waals surface area contributed by atoms with Crippen LogP contribution >= 0.6 is 15.9 Å². The summed E-state index contributed by atoms with van der Waals surface area (Å²) in [6, 6.07) is 5.50. The van der Waals surface area contributed by atoms with Gasteiger partial charge in [-0.1, -0.05) is 42.8 Å². The Morgan fingerprint density at radius 2 is 2.10 bits per heavy atom. The van der Waals surface area contributed by atoms with E-state index in [2.05, 4.69) is 42.0 Å². The Labute approximate surface area is 129 Å². The first-order valence-corrected chi connectivity index (χ1v) is 8.29. The molecule has 0 radical (unpaired) electrons. The molecule has 20 heavy (non-hydrogen) atoms. The van der Waals surface area contributed by atoms with Crippen molar-refractivity contribution >= 4 is 15.9 Å². The molecule has 1 N–H and O–H groups in total. The quantitative estimate of drug-likeness (QED) is 0.826. The highest BCUT2D eigenvalue weighted by Crippen LogP contribution is 2.62. The molecule has 3 unspecified atom stereocenters. The first-order chi connectivity index (χ1) is 9.33. The molecule has 1 aromatic carbocycles. The second-order valence-electron chi connectivity index (χ2n) is 7.46. The van der Waals surface area contributed by atoms with Crippen molar-refractivity contribution in [3.63, 3.8) is 0 Å². The van der Waals surface area contributed by atoms with Gasteiger partial charge in [0, 0.05) is 17.1 Å². The smallest absolute Gasteiger partial charge is 0.124 e. The topological polar surface area (TPSA) is 12.0 Å². The molecule has 0 aromatic heterocycles. The predicted molar refractivity (Wildman–Crippen MR) is 84.0 cm³/mol. The molecule has 1 aromatic rings. The van der Waals surface area contributed by atoms with E-state index in [0.29, 0.717) is 16.9 Å². The van der Waals surface area contributed by atoms with Gasteiger partial charge in [0.05, 0.1) is 0 Å². The molecule has 1 nitrogen and oxygen atoms in total. The summed E-state index contributed by atoms with van der Waals surface area (Å²) in [7, 11) is 0. The van der Waals surface area contributed by atoms with Gasteiger partial charge in [-0.3, -0.25) is 0 Å². The van der Waals surface area contributed by atoms with Gasteiger partial charge in [-0.15, -0.1) is 0 Å². The molecular weight excluding hydrogens is 317 g/mol. The SMILES string of the molecule is CC12CCC(C1)C(C)(C)C2NCc1ccc(F)cc1Br. The monoisotopic (exact) mass is 339 g/mol. The van der Waals surface area contributed by atoms with Crippen LogP contribution in [-0.4, -0.2) is 6.04 Å². The molecule has 2 aliphatic rings. The fraction of sp³-hybridized carbons (Fsp3) is 0.647. The van der Waals surface area contributed by atoms with Crippen molar-refractivity contribution in [1.82, 2.24) is 5.32 Å². The Kier molecular flexibility index (Phi) is 3.49. The molecule has 0 aliphatic heterocycles. The highest BCUT2D eigenvalue weighted by atomic mass is 79.9. The summed E-state index contributed by atoms with van der Waals surface area (Å²) in [5, 5.41) is 3.77. The number of fused-ring (bicyclic) bond motifs is 2. The maximum Gasteiger partial charge on any atom is 0.124 e. The summed E-state index contributed by atoms with van der Waals surface area (Å²) in [5.74, 6) is 0.662. The molecule has 2 aliphatic carbocycles. The summed E-state index contributed by atoms with van der Waals surface area (Å²) in [5.41, 5.74) is 1.92. The zero-order chi connectivity index (χ0) is 14.5. The van der Waals surface area contributed by atoms with Gasteiger partial charge in [-0.25, -0.2) is 4.39 Å². The average Bonchev–Trinajstić information content (AvgIpc) is 2.82. The fourth-order valence-electron chi connectivity index (χ4n) is 4.69. The van der Waals surface area contributed by atoms with Gasteiger partial charge >= 0.3 is 0 Å².